The van der Waals surface area contributed by atoms with Gasteiger partial charge in [0.05, 0.1) is 5.56 Å². The van der Waals surface area contributed by atoms with Gasteiger partial charge in [-0.25, -0.2) is 9.78 Å². The van der Waals surface area contributed by atoms with Crippen molar-refractivity contribution in [2.75, 3.05) is 11.4 Å². The van der Waals surface area contributed by atoms with E-state index < -0.39 is 5.97 Å². The normalized spacial score (nSPS) is 10.8. The van der Waals surface area contributed by atoms with Crippen LogP contribution in [0.2, 0.25) is 0 Å². The van der Waals surface area contributed by atoms with Crippen molar-refractivity contribution in [1.29, 1.82) is 0 Å². The number of pyridine rings is 1. The molecular formula is C24H24N6O2. The number of aromatic amines is 1. The zero-order valence-corrected chi connectivity index (χ0v) is 17.8. The number of H-pyrrole nitrogens is 1. The minimum atomic E-state index is -0.979. The first-order chi connectivity index (χ1) is 15.7. The second kappa shape index (κ2) is 9.82. The summed E-state index contributed by atoms with van der Waals surface area (Å²) in [6.07, 6.45) is 3.46. The van der Waals surface area contributed by atoms with E-state index in [2.05, 4.69) is 55.6 Å². The highest BCUT2D eigenvalue weighted by molar-refractivity contribution is 5.87. The molecule has 4 rings (SSSR count). The van der Waals surface area contributed by atoms with Crippen LogP contribution in [0.3, 0.4) is 0 Å². The number of unbranched alkanes of at least 4 members (excludes halogenated alkanes) is 1. The Hall–Kier alpha value is -4.07. The summed E-state index contributed by atoms with van der Waals surface area (Å²) in [6, 6.07) is 19.6. The van der Waals surface area contributed by atoms with Crippen molar-refractivity contribution in [1.82, 2.24) is 25.6 Å². The third-order valence-corrected chi connectivity index (χ3v) is 5.28. The predicted octanol–water partition coefficient (Wildman–Crippen LogP) is 4.43. The van der Waals surface area contributed by atoms with E-state index in [0.717, 1.165) is 47.5 Å². The Labute approximate surface area is 186 Å². The SMILES string of the molecule is CCCCN(Cc1ccccc1-c1ccccc1-c1nn[nH]n1)c1ccc(C(=O)O)cn1. The maximum atomic E-state index is 11.2. The number of anilines is 1. The van der Waals surface area contributed by atoms with E-state index in [9.17, 15) is 9.90 Å². The van der Waals surface area contributed by atoms with E-state index in [0.29, 0.717) is 12.4 Å². The van der Waals surface area contributed by atoms with Gasteiger partial charge in [0, 0.05) is 24.8 Å². The fraction of sp³-hybridized carbons (Fsp3) is 0.208. The van der Waals surface area contributed by atoms with E-state index in [1.165, 1.54) is 6.20 Å². The van der Waals surface area contributed by atoms with Gasteiger partial charge in [-0.05, 0) is 40.5 Å². The van der Waals surface area contributed by atoms with E-state index in [1.54, 1.807) is 12.1 Å². The van der Waals surface area contributed by atoms with E-state index in [4.69, 9.17) is 0 Å². The van der Waals surface area contributed by atoms with Crippen LogP contribution in [0.25, 0.3) is 22.5 Å². The van der Waals surface area contributed by atoms with Crippen LogP contribution in [0.4, 0.5) is 5.82 Å². The van der Waals surface area contributed by atoms with Crippen molar-refractivity contribution in [3.63, 3.8) is 0 Å². The highest BCUT2D eigenvalue weighted by atomic mass is 16.4. The average molecular weight is 428 g/mol. The zero-order chi connectivity index (χ0) is 22.3. The molecule has 0 aliphatic carbocycles. The second-order valence-corrected chi connectivity index (χ2v) is 7.42. The van der Waals surface area contributed by atoms with Crippen LogP contribution in [0, 0.1) is 0 Å². The third kappa shape index (κ3) is 4.64. The zero-order valence-electron chi connectivity index (χ0n) is 17.8. The molecule has 162 valence electrons. The van der Waals surface area contributed by atoms with Gasteiger partial charge in [-0.15, -0.1) is 10.2 Å². The quantitative estimate of drug-likeness (QED) is 0.406. The number of hydrogen-bond acceptors (Lipinski definition) is 6. The fourth-order valence-electron chi connectivity index (χ4n) is 3.64. The Bertz CT molecular complexity index is 1180. The first kappa shape index (κ1) is 21.2. The molecule has 0 saturated carbocycles. The molecule has 2 aromatic carbocycles. The smallest absolute Gasteiger partial charge is 0.337 e. The fourth-order valence-corrected chi connectivity index (χ4v) is 3.64. The number of rotatable bonds is 9. The molecule has 0 amide bonds. The lowest BCUT2D eigenvalue weighted by Gasteiger charge is -2.25. The average Bonchev–Trinajstić information content (AvgIpc) is 3.37. The van der Waals surface area contributed by atoms with Crippen molar-refractivity contribution in [3.8, 4) is 22.5 Å². The van der Waals surface area contributed by atoms with Gasteiger partial charge in [-0.3, -0.25) is 0 Å². The summed E-state index contributed by atoms with van der Waals surface area (Å²) in [5, 5.41) is 23.7. The summed E-state index contributed by atoms with van der Waals surface area (Å²) >= 11 is 0. The number of benzene rings is 2. The third-order valence-electron chi connectivity index (χ3n) is 5.28. The molecule has 0 spiro atoms. The molecule has 2 N–H and O–H groups in total. The van der Waals surface area contributed by atoms with Crippen LogP contribution in [0.5, 0.6) is 0 Å². The van der Waals surface area contributed by atoms with Gasteiger partial charge < -0.3 is 10.0 Å². The highest BCUT2D eigenvalue weighted by Crippen LogP contribution is 2.33. The Balaban J connectivity index is 1.71. The standard InChI is InChI=1S/C24H24N6O2/c1-2-3-14-30(22-13-12-17(15-25-22)24(31)32)16-18-8-4-5-9-19(18)20-10-6-7-11-21(20)23-26-28-29-27-23/h4-13,15H,2-3,14,16H2,1H3,(H,31,32)(H,26,27,28,29). The summed E-state index contributed by atoms with van der Waals surface area (Å²) in [6.45, 7) is 3.60. The first-order valence-electron chi connectivity index (χ1n) is 10.5. The van der Waals surface area contributed by atoms with Gasteiger partial charge in [0.1, 0.15) is 5.82 Å². The number of nitrogens with one attached hydrogen (secondary N) is 1. The Morgan fingerprint density at radius 1 is 1.00 bits per heavy atom. The molecule has 0 bridgehead atoms. The summed E-state index contributed by atoms with van der Waals surface area (Å²) in [7, 11) is 0. The minimum absolute atomic E-state index is 0.179. The van der Waals surface area contributed by atoms with Crippen LogP contribution in [-0.4, -0.2) is 43.2 Å². The van der Waals surface area contributed by atoms with E-state index >= 15 is 0 Å². The number of carbonyl (C=O) groups is 1. The summed E-state index contributed by atoms with van der Waals surface area (Å²) < 4.78 is 0. The lowest BCUT2D eigenvalue weighted by molar-refractivity contribution is 0.0696. The van der Waals surface area contributed by atoms with Gasteiger partial charge in [0.25, 0.3) is 0 Å². The molecule has 8 nitrogen and oxygen atoms in total. The van der Waals surface area contributed by atoms with Crippen molar-refractivity contribution in [2.45, 2.75) is 26.3 Å². The Kier molecular flexibility index (Phi) is 6.50. The lowest BCUT2D eigenvalue weighted by Crippen LogP contribution is -2.25. The summed E-state index contributed by atoms with van der Waals surface area (Å²) in [5.41, 5.74) is 4.31. The first-order valence-corrected chi connectivity index (χ1v) is 10.5. The van der Waals surface area contributed by atoms with Crippen molar-refractivity contribution in [3.05, 3.63) is 78.0 Å². The summed E-state index contributed by atoms with van der Waals surface area (Å²) in [4.78, 5) is 17.8. The molecule has 0 radical (unpaired) electrons. The van der Waals surface area contributed by atoms with Gasteiger partial charge in [0.2, 0.25) is 5.82 Å². The molecule has 0 aliphatic heterocycles. The Morgan fingerprint density at radius 3 is 2.41 bits per heavy atom. The number of aromatic nitrogens is 5. The van der Waals surface area contributed by atoms with Gasteiger partial charge >= 0.3 is 5.97 Å². The molecule has 0 unspecified atom stereocenters. The number of tetrazole rings is 1. The van der Waals surface area contributed by atoms with Crippen LogP contribution in [0.15, 0.2) is 66.9 Å². The largest absolute Gasteiger partial charge is 0.478 e. The highest BCUT2D eigenvalue weighted by Gasteiger charge is 2.16. The molecule has 0 atom stereocenters. The predicted molar refractivity (Wildman–Crippen MR) is 122 cm³/mol. The molecule has 8 heteroatoms. The maximum absolute atomic E-state index is 11.2. The number of hydrogen-bond donors (Lipinski definition) is 2. The molecule has 32 heavy (non-hydrogen) atoms. The topological polar surface area (TPSA) is 108 Å². The maximum Gasteiger partial charge on any atom is 0.337 e. The molecule has 2 heterocycles. The number of aromatic carboxylic acids is 1. The van der Waals surface area contributed by atoms with Crippen molar-refractivity contribution >= 4 is 11.8 Å². The molecule has 4 aromatic rings. The van der Waals surface area contributed by atoms with Crippen LogP contribution < -0.4 is 4.90 Å². The second-order valence-electron chi connectivity index (χ2n) is 7.42. The summed E-state index contributed by atoms with van der Waals surface area (Å²) in [5.74, 6) is 0.321. The van der Waals surface area contributed by atoms with E-state index in [-0.39, 0.29) is 5.56 Å². The van der Waals surface area contributed by atoms with Gasteiger partial charge in [-0.1, -0.05) is 61.9 Å². The number of carboxylic acid groups (broad SMARTS) is 1. The molecule has 0 fully saturated rings. The van der Waals surface area contributed by atoms with Crippen molar-refractivity contribution in [2.24, 2.45) is 0 Å². The van der Waals surface area contributed by atoms with Crippen molar-refractivity contribution < 1.29 is 9.90 Å². The number of carboxylic acids is 1. The van der Waals surface area contributed by atoms with Gasteiger partial charge in [-0.2, -0.15) is 5.21 Å². The molecular weight excluding hydrogens is 404 g/mol. The number of nitrogens with zero attached hydrogens (tertiary/aromatic N) is 5. The van der Waals surface area contributed by atoms with Crippen LogP contribution in [0.1, 0.15) is 35.7 Å². The van der Waals surface area contributed by atoms with Gasteiger partial charge in [0.15, 0.2) is 0 Å². The minimum Gasteiger partial charge on any atom is -0.478 e. The Morgan fingerprint density at radius 2 is 1.75 bits per heavy atom. The van der Waals surface area contributed by atoms with Crippen LogP contribution >= 0.6 is 0 Å². The molecule has 0 saturated heterocycles. The molecule has 0 aliphatic rings. The molecule has 2 aromatic heterocycles. The van der Waals surface area contributed by atoms with Crippen LogP contribution in [-0.2, 0) is 6.54 Å². The lowest BCUT2D eigenvalue weighted by atomic mass is 9.94. The van der Waals surface area contributed by atoms with E-state index in [1.807, 2.05) is 30.3 Å². The monoisotopic (exact) mass is 428 g/mol.